The first kappa shape index (κ1) is 22.8. The minimum atomic E-state index is -0.911. The molecule has 0 spiro atoms. The Kier molecular flexibility index (Phi) is 5.40. The van der Waals surface area contributed by atoms with Gasteiger partial charge in [-0.3, -0.25) is 4.79 Å². The molecule has 2 aliphatic heterocycles. The number of nitrogens with zero attached hydrogens (tertiary/aromatic N) is 4. The number of ether oxygens (including phenoxy) is 1. The van der Waals surface area contributed by atoms with Gasteiger partial charge in [-0.15, -0.1) is 0 Å². The zero-order chi connectivity index (χ0) is 25.7. The van der Waals surface area contributed by atoms with Crippen molar-refractivity contribution in [2.75, 3.05) is 30.4 Å². The molecule has 0 aliphatic carbocycles. The van der Waals surface area contributed by atoms with Crippen molar-refractivity contribution in [2.45, 2.75) is 18.5 Å². The van der Waals surface area contributed by atoms with Gasteiger partial charge in [0.05, 0.1) is 30.1 Å². The van der Waals surface area contributed by atoms with Crippen molar-refractivity contribution >= 4 is 34.3 Å². The lowest BCUT2D eigenvalue weighted by atomic mass is 10.1. The van der Waals surface area contributed by atoms with Gasteiger partial charge in [0.25, 0.3) is 5.91 Å². The average molecular weight is 503 g/mol. The molecule has 2 saturated heterocycles. The molecule has 11 heteroatoms. The molecule has 4 heterocycles. The molecular weight excluding hydrogens is 479 g/mol. The maximum atomic E-state index is 14.6. The number of amides is 2. The molecule has 2 atom stereocenters. The van der Waals surface area contributed by atoms with Crippen molar-refractivity contribution in [3.05, 3.63) is 66.4 Å². The maximum absolute atomic E-state index is 14.6. The molecule has 37 heavy (non-hydrogen) atoms. The van der Waals surface area contributed by atoms with Crippen LogP contribution in [0.25, 0.3) is 22.3 Å². The van der Waals surface area contributed by atoms with Crippen LogP contribution in [-0.2, 0) is 0 Å². The first-order chi connectivity index (χ1) is 17.9. The Bertz CT molecular complexity index is 1540. The number of hydrogen-bond acceptors (Lipinski definition) is 6. The summed E-state index contributed by atoms with van der Waals surface area (Å²) in [5.41, 5.74) is 2.45. The van der Waals surface area contributed by atoms with Crippen molar-refractivity contribution in [1.82, 2.24) is 19.9 Å². The number of anilines is 2. The van der Waals surface area contributed by atoms with E-state index in [-0.39, 0.29) is 34.9 Å². The number of aromatic amines is 1. The first-order valence-electron chi connectivity index (χ1n) is 11.8. The van der Waals surface area contributed by atoms with Crippen LogP contribution < -0.4 is 15.0 Å². The molecule has 2 bridgehead atoms. The lowest BCUT2D eigenvalue weighted by Gasteiger charge is -2.35. The number of rotatable bonds is 5. The highest BCUT2D eigenvalue weighted by molar-refractivity contribution is 6.09. The number of carbonyl (C=O) groups is 2. The van der Waals surface area contributed by atoms with Gasteiger partial charge in [-0.1, -0.05) is 6.07 Å². The summed E-state index contributed by atoms with van der Waals surface area (Å²) in [7, 11) is 1.42. The number of likely N-dealkylation sites (tertiary alicyclic amines) is 1. The summed E-state index contributed by atoms with van der Waals surface area (Å²) < 4.78 is 19.8. The van der Waals surface area contributed by atoms with Crippen LogP contribution in [0.3, 0.4) is 0 Å². The predicted molar refractivity (Wildman–Crippen MR) is 134 cm³/mol. The van der Waals surface area contributed by atoms with Gasteiger partial charge < -0.3 is 29.9 Å². The fourth-order valence-corrected chi connectivity index (χ4v) is 5.39. The quantitative estimate of drug-likeness (QED) is 0.377. The van der Waals surface area contributed by atoms with Crippen LogP contribution in [0.1, 0.15) is 16.9 Å². The van der Waals surface area contributed by atoms with Crippen LogP contribution >= 0.6 is 0 Å². The van der Waals surface area contributed by atoms with E-state index in [9.17, 15) is 19.1 Å². The zero-order valence-electron chi connectivity index (χ0n) is 19.8. The number of fused-ring (bicyclic) bond motifs is 3. The summed E-state index contributed by atoms with van der Waals surface area (Å²) in [6.07, 6.45) is 3.06. The van der Waals surface area contributed by atoms with Gasteiger partial charge in [-0.05, 0) is 42.8 Å². The van der Waals surface area contributed by atoms with E-state index in [1.54, 1.807) is 6.07 Å². The molecule has 4 aromatic rings. The minimum Gasteiger partial charge on any atom is -0.496 e. The third-order valence-electron chi connectivity index (χ3n) is 7.03. The highest BCUT2D eigenvalue weighted by Gasteiger charge is 2.46. The van der Waals surface area contributed by atoms with Gasteiger partial charge >= 0.3 is 6.09 Å². The number of carbonyl (C=O) groups excluding carboxylic acids is 1. The highest BCUT2D eigenvalue weighted by Crippen LogP contribution is 2.42. The summed E-state index contributed by atoms with van der Waals surface area (Å²) in [5, 5.41) is 13.4. The molecule has 2 aromatic heterocycles. The van der Waals surface area contributed by atoms with Gasteiger partial charge in [0.2, 0.25) is 0 Å². The smallest absolute Gasteiger partial charge is 0.407 e. The molecule has 2 fully saturated rings. The highest BCUT2D eigenvalue weighted by atomic mass is 19.1. The standard InChI is InChI=1S/C26H23FN6O4/c1-37-21-4-2-3-17(27)22(21)24-29-10-8-20(30-24)25(34)31-19-6-5-18-16(7-9-28-18)23(19)32-12-15-11-14(32)13-33(15)26(35)36/h2-10,14-15,28H,11-13H2,1H3,(H,31,34)(H,35,36)/t14-,15-/m0/s1. The molecule has 0 radical (unpaired) electrons. The van der Waals surface area contributed by atoms with Gasteiger partial charge in [0.1, 0.15) is 17.3 Å². The van der Waals surface area contributed by atoms with E-state index in [0.717, 1.165) is 23.0 Å². The molecule has 2 aliphatic rings. The van der Waals surface area contributed by atoms with Gasteiger partial charge in [-0.2, -0.15) is 0 Å². The van der Waals surface area contributed by atoms with Crippen LogP contribution in [0.15, 0.2) is 54.9 Å². The van der Waals surface area contributed by atoms with E-state index in [1.807, 2.05) is 24.4 Å². The van der Waals surface area contributed by atoms with Gasteiger partial charge in [0.15, 0.2) is 5.82 Å². The van der Waals surface area contributed by atoms with Crippen molar-refractivity contribution in [3.8, 4) is 17.1 Å². The second kappa shape index (κ2) is 8.77. The SMILES string of the molecule is COc1cccc(F)c1-c1nccc(C(=O)Nc2ccc3[nH]ccc3c2N2C[C@@H]3C[C@H]2CN3C(=O)O)n1. The van der Waals surface area contributed by atoms with E-state index in [2.05, 4.69) is 25.2 Å². The summed E-state index contributed by atoms with van der Waals surface area (Å²) in [6.45, 7) is 0.947. The number of halogens is 1. The first-order valence-corrected chi connectivity index (χ1v) is 11.8. The Morgan fingerprint density at radius 1 is 1.16 bits per heavy atom. The van der Waals surface area contributed by atoms with Gasteiger partial charge in [0, 0.05) is 42.4 Å². The number of benzene rings is 2. The van der Waals surface area contributed by atoms with Crippen molar-refractivity contribution in [3.63, 3.8) is 0 Å². The van der Waals surface area contributed by atoms with Gasteiger partial charge in [-0.25, -0.2) is 19.2 Å². The molecule has 0 unspecified atom stereocenters. The lowest BCUT2D eigenvalue weighted by molar-refractivity contribution is 0.102. The largest absolute Gasteiger partial charge is 0.496 e. The summed E-state index contributed by atoms with van der Waals surface area (Å²) in [5.74, 6) is -0.741. The number of hydrogen-bond donors (Lipinski definition) is 3. The van der Waals surface area contributed by atoms with Crippen molar-refractivity contribution < 1.29 is 23.8 Å². The van der Waals surface area contributed by atoms with Crippen LogP contribution in [0.5, 0.6) is 5.75 Å². The van der Waals surface area contributed by atoms with E-state index in [1.165, 1.54) is 36.4 Å². The predicted octanol–water partition coefficient (Wildman–Crippen LogP) is 3.97. The lowest BCUT2D eigenvalue weighted by Crippen LogP contribution is -2.48. The van der Waals surface area contributed by atoms with E-state index >= 15 is 0 Å². The van der Waals surface area contributed by atoms with Crippen molar-refractivity contribution in [1.29, 1.82) is 0 Å². The maximum Gasteiger partial charge on any atom is 0.407 e. The number of aromatic nitrogens is 3. The molecule has 2 aromatic carbocycles. The van der Waals surface area contributed by atoms with Crippen LogP contribution in [-0.4, -0.2) is 69.2 Å². The fraction of sp³-hybridized carbons (Fsp3) is 0.231. The van der Waals surface area contributed by atoms with E-state index in [0.29, 0.717) is 18.8 Å². The molecule has 10 nitrogen and oxygen atoms in total. The summed E-state index contributed by atoms with van der Waals surface area (Å²) >= 11 is 0. The molecule has 188 valence electrons. The van der Waals surface area contributed by atoms with Crippen LogP contribution in [0.4, 0.5) is 20.6 Å². The molecule has 3 N–H and O–H groups in total. The fourth-order valence-electron chi connectivity index (χ4n) is 5.39. The normalized spacial score (nSPS) is 18.4. The minimum absolute atomic E-state index is 0.0106. The monoisotopic (exact) mass is 502 g/mol. The summed E-state index contributed by atoms with van der Waals surface area (Å²) in [4.78, 5) is 40.2. The summed E-state index contributed by atoms with van der Waals surface area (Å²) in [6, 6.07) is 11.4. The third kappa shape index (κ3) is 3.79. The average Bonchev–Trinajstić information content (AvgIpc) is 3.64. The topological polar surface area (TPSA) is 124 Å². The number of carboxylic acid groups (broad SMARTS) is 1. The van der Waals surface area contributed by atoms with Crippen LogP contribution in [0.2, 0.25) is 0 Å². The Morgan fingerprint density at radius 2 is 2.03 bits per heavy atom. The van der Waals surface area contributed by atoms with Crippen molar-refractivity contribution in [2.24, 2.45) is 0 Å². The molecule has 2 amide bonds. The number of H-pyrrole nitrogens is 1. The number of methoxy groups -OCH3 is 1. The Balaban J connectivity index is 1.34. The molecule has 6 rings (SSSR count). The van der Waals surface area contributed by atoms with E-state index < -0.39 is 17.8 Å². The number of nitrogens with one attached hydrogen (secondary N) is 2. The zero-order valence-corrected chi connectivity index (χ0v) is 19.8. The second-order valence-corrected chi connectivity index (χ2v) is 9.07. The second-order valence-electron chi connectivity index (χ2n) is 9.07. The Labute approximate surface area is 210 Å². The number of piperazine rings is 1. The Hall–Kier alpha value is -4.67. The molecule has 0 saturated carbocycles. The third-order valence-corrected chi connectivity index (χ3v) is 7.03. The van der Waals surface area contributed by atoms with E-state index in [4.69, 9.17) is 4.74 Å². The van der Waals surface area contributed by atoms with Crippen LogP contribution in [0, 0.1) is 5.82 Å². The molecular formula is C26H23FN6O4. The Morgan fingerprint density at radius 3 is 2.78 bits per heavy atom.